The monoisotopic (exact) mass is 267 g/mol. The van der Waals surface area contributed by atoms with Gasteiger partial charge in [-0.1, -0.05) is 23.7 Å². The van der Waals surface area contributed by atoms with E-state index >= 15 is 0 Å². The number of hydrogen-bond acceptors (Lipinski definition) is 2. The van der Waals surface area contributed by atoms with E-state index in [-0.39, 0.29) is 12.5 Å². The number of benzene rings is 1. The molecule has 1 heterocycles. The summed E-state index contributed by atoms with van der Waals surface area (Å²) in [5.74, 6) is 0.607. The van der Waals surface area contributed by atoms with E-state index in [2.05, 4.69) is 0 Å². The van der Waals surface area contributed by atoms with Gasteiger partial charge in [0.25, 0.3) is 0 Å². The van der Waals surface area contributed by atoms with E-state index in [0.717, 1.165) is 31.5 Å². The molecule has 0 spiro atoms. The summed E-state index contributed by atoms with van der Waals surface area (Å²) in [5, 5.41) is 9.57. The highest BCUT2D eigenvalue weighted by Gasteiger charge is 2.25. The molecule has 0 aromatic heterocycles. The summed E-state index contributed by atoms with van der Waals surface area (Å²) < 4.78 is 0. The van der Waals surface area contributed by atoms with E-state index in [0.29, 0.717) is 17.4 Å². The van der Waals surface area contributed by atoms with Crippen molar-refractivity contribution in [1.29, 1.82) is 0 Å². The number of aliphatic hydroxyl groups excluding tert-OH is 1. The number of aliphatic hydroxyl groups is 1. The number of amides is 1. The van der Waals surface area contributed by atoms with Gasteiger partial charge in [0.05, 0.1) is 6.42 Å². The highest BCUT2D eigenvalue weighted by Crippen LogP contribution is 2.20. The molecule has 0 bridgehead atoms. The fourth-order valence-corrected chi connectivity index (χ4v) is 2.62. The number of carbonyl (C=O) groups excluding carboxylic acids is 1. The van der Waals surface area contributed by atoms with Crippen LogP contribution < -0.4 is 0 Å². The molecule has 0 radical (unpaired) electrons. The van der Waals surface area contributed by atoms with E-state index < -0.39 is 0 Å². The topological polar surface area (TPSA) is 40.5 Å². The van der Waals surface area contributed by atoms with Gasteiger partial charge in [0, 0.05) is 24.7 Å². The molecule has 1 aliphatic rings. The Balaban J connectivity index is 1.89. The maximum absolute atomic E-state index is 12.1. The largest absolute Gasteiger partial charge is 0.396 e. The van der Waals surface area contributed by atoms with Gasteiger partial charge in [-0.3, -0.25) is 4.79 Å². The summed E-state index contributed by atoms with van der Waals surface area (Å²) in [6.45, 7) is 1.80. The molecule has 1 N–H and O–H groups in total. The Morgan fingerprint density at radius 2 is 2.33 bits per heavy atom. The first-order chi connectivity index (χ1) is 8.69. The average Bonchev–Trinajstić information content (AvgIpc) is 2.78. The van der Waals surface area contributed by atoms with Crippen LogP contribution in [0.2, 0.25) is 5.02 Å². The third-order valence-electron chi connectivity index (χ3n) is 3.42. The normalized spacial score (nSPS) is 19.2. The lowest BCUT2D eigenvalue weighted by Crippen LogP contribution is -2.30. The Bertz CT molecular complexity index is 422. The first kappa shape index (κ1) is 13.4. The minimum absolute atomic E-state index is 0.151. The Hall–Kier alpha value is -1.06. The maximum atomic E-state index is 12.1. The lowest BCUT2D eigenvalue weighted by molar-refractivity contribution is -0.129. The predicted octanol–water partition coefficient (Wildman–Crippen LogP) is 2.11. The first-order valence-corrected chi connectivity index (χ1v) is 6.70. The number of rotatable bonds is 4. The number of halogens is 1. The van der Waals surface area contributed by atoms with Crippen molar-refractivity contribution in [2.45, 2.75) is 19.3 Å². The Labute approximate surface area is 112 Å². The second-order valence-corrected chi connectivity index (χ2v) is 5.25. The molecule has 1 unspecified atom stereocenters. The van der Waals surface area contributed by atoms with Crippen LogP contribution in [-0.2, 0) is 11.2 Å². The van der Waals surface area contributed by atoms with Crippen molar-refractivity contribution in [2.24, 2.45) is 5.92 Å². The van der Waals surface area contributed by atoms with Crippen molar-refractivity contribution in [1.82, 2.24) is 4.90 Å². The Morgan fingerprint density at radius 1 is 1.50 bits per heavy atom. The zero-order valence-electron chi connectivity index (χ0n) is 10.3. The molecule has 4 heteroatoms. The van der Waals surface area contributed by atoms with Crippen LogP contribution in [0, 0.1) is 5.92 Å². The number of hydrogen-bond donors (Lipinski definition) is 1. The van der Waals surface area contributed by atoms with Crippen molar-refractivity contribution in [3.63, 3.8) is 0 Å². The molecular formula is C14H18ClNO2. The summed E-state index contributed by atoms with van der Waals surface area (Å²) in [5.41, 5.74) is 0.957. The maximum Gasteiger partial charge on any atom is 0.226 e. The van der Waals surface area contributed by atoms with Gasteiger partial charge in [-0.15, -0.1) is 0 Å². The number of likely N-dealkylation sites (tertiary alicyclic amines) is 1. The van der Waals surface area contributed by atoms with Crippen molar-refractivity contribution < 1.29 is 9.90 Å². The molecule has 1 amide bonds. The summed E-state index contributed by atoms with van der Waals surface area (Å²) >= 11 is 5.90. The van der Waals surface area contributed by atoms with Gasteiger partial charge >= 0.3 is 0 Å². The number of nitrogens with zero attached hydrogens (tertiary/aromatic N) is 1. The van der Waals surface area contributed by atoms with Gasteiger partial charge in [-0.2, -0.15) is 0 Å². The summed E-state index contributed by atoms with van der Waals surface area (Å²) in [6.07, 6.45) is 2.20. The average molecular weight is 268 g/mol. The van der Waals surface area contributed by atoms with E-state index in [1.165, 1.54) is 0 Å². The Kier molecular flexibility index (Phi) is 4.61. The van der Waals surface area contributed by atoms with Gasteiger partial charge < -0.3 is 10.0 Å². The van der Waals surface area contributed by atoms with Gasteiger partial charge in [0.15, 0.2) is 0 Å². The van der Waals surface area contributed by atoms with Gasteiger partial charge in [-0.25, -0.2) is 0 Å². The molecule has 18 heavy (non-hydrogen) atoms. The molecule has 2 rings (SSSR count). The number of carbonyl (C=O) groups is 1. The zero-order chi connectivity index (χ0) is 13.0. The molecule has 0 saturated carbocycles. The highest BCUT2D eigenvalue weighted by atomic mass is 35.5. The van der Waals surface area contributed by atoms with Crippen LogP contribution in [-0.4, -0.2) is 35.6 Å². The van der Waals surface area contributed by atoms with Gasteiger partial charge in [0.1, 0.15) is 0 Å². The molecule has 1 saturated heterocycles. The fourth-order valence-electron chi connectivity index (χ4n) is 2.41. The smallest absolute Gasteiger partial charge is 0.226 e. The minimum atomic E-state index is 0.151. The van der Waals surface area contributed by atoms with E-state index in [9.17, 15) is 4.79 Å². The van der Waals surface area contributed by atoms with Crippen molar-refractivity contribution in [3.05, 3.63) is 34.9 Å². The molecule has 3 nitrogen and oxygen atoms in total. The van der Waals surface area contributed by atoms with Crippen molar-refractivity contribution in [2.75, 3.05) is 19.7 Å². The lowest BCUT2D eigenvalue weighted by atomic mass is 10.1. The molecule has 1 aromatic rings. The zero-order valence-corrected chi connectivity index (χ0v) is 11.1. The van der Waals surface area contributed by atoms with Crippen LogP contribution in [0.5, 0.6) is 0 Å². The fraction of sp³-hybridized carbons (Fsp3) is 0.500. The minimum Gasteiger partial charge on any atom is -0.396 e. The molecular weight excluding hydrogens is 250 g/mol. The molecule has 1 aliphatic heterocycles. The molecule has 0 aliphatic carbocycles. The summed E-state index contributed by atoms with van der Waals surface area (Å²) in [6, 6.07) is 7.43. The Morgan fingerprint density at radius 3 is 3.06 bits per heavy atom. The van der Waals surface area contributed by atoms with Crippen LogP contribution in [0.25, 0.3) is 0 Å². The van der Waals surface area contributed by atoms with Crippen LogP contribution in [0.3, 0.4) is 0 Å². The molecule has 1 aromatic carbocycles. The van der Waals surface area contributed by atoms with Crippen LogP contribution in [0.4, 0.5) is 0 Å². The van der Waals surface area contributed by atoms with Crippen LogP contribution in [0.15, 0.2) is 24.3 Å². The van der Waals surface area contributed by atoms with Crippen molar-refractivity contribution in [3.8, 4) is 0 Å². The quantitative estimate of drug-likeness (QED) is 0.908. The third-order valence-corrected chi connectivity index (χ3v) is 3.66. The summed E-state index contributed by atoms with van der Waals surface area (Å²) in [7, 11) is 0. The predicted molar refractivity (Wildman–Crippen MR) is 71.5 cm³/mol. The van der Waals surface area contributed by atoms with Crippen molar-refractivity contribution >= 4 is 17.5 Å². The lowest BCUT2D eigenvalue weighted by Gasteiger charge is -2.16. The van der Waals surface area contributed by atoms with Crippen LogP contribution >= 0.6 is 11.6 Å². The van der Waals surface area contributed by atoms with E-state index in [1.807, 2.05) is 29.2 Å². The second-order valence-electron chi connectivity index (χ2n) is 4.81. The highest BCUT2D eigenvalue weighted by molar-refractivity contribution is 6.30. The molecule has 1 fully saturated rings. The van der Waals surface area contributed by atoms with E-state index in [1.54, 1.807) is 0 Å². The van der Waals surface area contributed by atoms with Gasteiger partial charge in [0.2, 0.25) is 5.91 Å². The van der Waals surface area contributed by atoms with Gasteiger partial charge in [-0.05, 0) is 36.5 Å². The first-order valence-electron chi connectivity index (χ1n) is 6.32. The molecule has 98 valence electrons. The SMILES string of the molecule is O=C(Cc1cccc(Cl)c1)N1CCC(CCO)C1. The molecule has 1 atom stereocenters. The van der Waals surface area contributed by atoms with Crippen LogP contribution in [0.1, 0.15) is 18.4 Å². The second kappa shape index (κ2) is 6.21. The summed E-state index contributed by atoms with van der Waals surface area (Å²) in [4.78, 5) is 14.0. The van der Waals surface area contributed by atoms with E-state index in [4.69, 9.17) is 16.7 Å². The standard InChI is InChI=1S/C14H18ClNO2/c15-13-3-1-2-12(8-13)9-14(18)16-6-4-11(10-16)5-7-17/h1-3,8,11,17H,4-7,9-10H2. The third kappa shape index (κ3) is 3.47.